The summed E-state index contributed by atoms with van der Waals surface area (Å²) in [6, 6.07) is 11.7. The third-order valence-electron chi connectivity index (χ3n) is 5.95. The first-order chi connectivity index (χ1) is 15.2. The second-order valence-corrected chi connectivity index (χ2v) is 9.11. The monoisotopic (exact) mass is 430 g/mol. The molecular weight excluding hydrogens is 404 g/mol. The van der Waals surface area contributed by atoms with E-state index in [1.165, 1.54) is 18.4 Å². The predicted molar refractivity (Wildman–Crippen MR) is 127 cm³/mol. The number of hydrogen-bond acceptors (Lipinski definition) is 4. The van der Waals surface area contributed by atoms with Gasteiger partial charge in [-0.2, -0.15) is 0 Å². The SMILES string of the molecule is Cc1cccn2cc(CSc3nc4ccccc4c(=O)n3CCC3=CCCCC3)nc12. The molecule has 0 saturated heterocycles. The number of imidazole rings is 1. The van der Waals surface area contributed by atoms with Crippen LogP contribution < -0.4 is 5.56 Å². The van der Waals surface area contributed by atoms with Crippen LogP contribution in [0.2, 0.25) is 0 Å². The standard InChI is InChI=1S/C25H26N4OS/c1-18-8-7-14-28-16-20(26-23(18)28)17-31-25-27-22-12-6-5-11-21(22)24(30)29(25)15-13-19-9-3-2-4-10-19/h5-9,11-12,14,16H,2-4,10,13,15,17H2,1H3. The summed E-state index contributed by atoms with van der Waals surface area (Å²) in [5.74, 6) is 0.675. The zero-order chi connectivity index (χ0) is 21.2. The lowest BCUT2D eigenvalue weighted by atomic mass is 9.97. The average molecular weight is 431 g/mol. The van der Waals surface area contributed by atoms with E-state index >= 15 is 0 Å². The maximum absolute atomic E-state index is 13.3. The molecule has 0 bridgehead atoms. The fourth-order valence-corrected chi connectivity index (χ4v) is 5.16. The van der Waals surface area contributed by atoms with Crippen molar-refractivity contribution in [3.05, 3.63) is 82.1 Å². The molecule has 0 unspecified atom stereocenters. The number of nitrogens with zero attached hydrogens (tertiary/aromatic N) is 4. The van der Waals surface area contributed by atoms with Crippen LogP contribution in [-0.4, -0.2) is 18.9 Å². The molecule has 4 aromatic rings. The van der Waals surface area contributed by atoms with Crippen molar-refractivity contribution in [1.82, 2.24) is 18.9 Å². The van der Waals surface area contributed by atoms with E-state index in [0.717, 1.165) is 46.8 Å². The molecule has 0 radical (unpaired) electrons. The minimum atomic E-state index is 0.0513. The van der Waals surface area contributed by atoms with Gasteiger partial charge < -0.3 is 4.40 Å². The smallest absolute Gasteiger partial charge is 0.262 e. The maximum atomic E-state index is 13.3. The van der Waals surface area contributed by atoms with Gasteiger partial charge in [-0.25, -0.2) is 9.97 Å². The van der Waals surface area contributed by atoms with Crippen molar-refractivity contribution in [3.63, 3.8) is 0 Å². The van der Waals surface area contributed by atoms with E-state index in [4.69, 9.17) is 9.97 Å². The summed E-state index contributed by atoms with van der Waals surface area (Å²) in [5.41, 5.74) is 5.40. The zero-order valence-electron chi connectivity index (χ0n) is 17.8. The maximum Gasteiger partial charge on any atom is 0.262 e. The van der Waals surface area contributed by atoms with E-state index in [2.05, 4.69) is 29.7 Å². The van der Waals surface area contributed by atoms with Gasteiger partial charge in [-0.1, -0.05) is 41.6 Å². The summed E-state index contributed by atoms with van der Waals surface area (Å²) in [4.78, 5) is 22.9. The Labute approximate surface area is 185 Å². The molecule has 3 heterocycles. The highest BCUT2D eigenvalue weighted by molar-refractivity contribution is 7.98. The summed E-state index contributed by atoms with van der Waals surface area (Å²) in [5, 5.41) is 1.46. The number of aromatic nitrogens is 4. The average Bonchev–Trinajstić information content (AvgIpc) is 3.22. The molecule has 0 spiro atoms. The fourth-order valence-electron chi connectivity index (χ4n) is 4.25. The van der Waals surface area contributed by atoms with Crippen LogP contribution in [0.3, 0.4) is 0 Å². The van der Waals surface area contributed by atoms with Gasteiger partial charge in [0.25, 0.3) is 5.56 Å². The predicted octanol–water partition coefficient (Wildman–Crippen LogP) is 5.54. The topological polar surface area (TPSA) is 52.2 Å². The molecule has 31 heavy (non-hydrogen) atoms. The van der Waals surface area contributed by atoms with Crippen LogP contribution in [0.25, 0.3) is 16.6 Å². The highest BCUT2D eigenvalue weighted by Crippen LogP contribution is 2.25. The number of aryl methyl sites for hydroxylation is 1. The van der Waals surface area contributed by atoms with E-state index in [-0.39, 0.29) is 5.56 Å². The van der Waals surface area contributed by atoms with Gasteiger partial charge >= 0.3 is 0 Å². The molecule has 0 N–H and O–H groups in total. The van der Waals surface area contributed by atoms with Gasteiger partial charge in [0.15, 0.2) is 5.16 Å². The van der Waals surface area contributed by atoms with Crippen molar-refractivity contribution < 1.29 is 0 Å². The van der Waals surface area contributed by atoms with E-state index in [0.29, 0.717) is 17.7 Å². The Hall–Kier alpha value is -2.86. The molecule has 0 saturated carbocycles. The number of allylic oxidation sites excluding steroid dienone is 2. The molecule has 0 aliphatic heterocycles. The molecule has 5 nitrogen and oxygen atoms in total. The second-order valence-electron chi connectivity index (χ2n) is 8.17. The molecule has 0 amide bonds. The first kappa shape index (κ1) is 20.1. The molecule has 5 rings (SSSR count). The number of pyridine rings is 1. The van der Waals surface area contributed by atoms with Crippen LogP contribution in [0.4, 0.5) is 0 Å². The van der Waals surface area contributed by atoms with E-state index in [9.17, 15) is 4.79 Å². The second kappa shape index (κ2) is 8.71. The molecule has 1 aromatic carbocycles. The summed E-state index contributed by atoms with van der Waals surface area (Å²) < 4.78 is 3.92. The molecule has 3 aromatic heterocycles. The van der Waals surface area contributed by atoms with Gasteiger partial charge in [0.2, 0.25) is 0 Å². The summed E-state index contributed by atoms with van der Waals surface area (Å²) in [7, 11) is 0. The van der Waals surface area contributed by atoms with E-state index in [1.54, 1.807) is 11.8 Å². The lowest BCUT2D eigenvalue weighted by molar-refractivity contribution is 0.569. The molecule has 0 atom stereocenters. The Morgan fingerprint density at radius 1 is 1.10 bits per heavy atom. The highest BCUT2D eigenvalue weighted by atomic mass is 32.2. The Bertz CT molecular complexity index is 1330. The van der Waals surface area contributed by atoms with Crippen molar-refractivity contribution in [1.29, 1.82) is 0 Å². The summed E-state index contributed by atoms with van der Waals surface area (Å²) in [6.07, 6.45) is 12.2. The molecular formula is C25H26N4OS. The first-order valence-electron chi connectivity index (χ1n) is 10.9. The summed E-state index contributed by atoms with van der Waals surface area (Å²) >= 11 is 1.59. The van der Waals surface area contributed by atoms with Crippen molar-refractivity contribution in [3.8, 4) is 0 Å². The van der Waals surface area contributed by atoms with Crippen LogP contribution >= 0.6 is 11.8 Å². The van der Waals surface area contributed by atoms with Crippen LogP contribution in [-0.2, 0) is 12.3 Å². The molecule has 6 heteroatoms. The molecule has 0 fully saturated rings. The minimum absolute atomic E-state index is 0.0513. The lowest BCUT2D eigenvalue weighted by Crippen LogP contribution is -2.24. The number of fused-ring (bicyclic) bond motifs is 2. The summed E-state index contributed by atoms with van der Waals surface area (Å²) in [6.45, 7) is 2.75. The Morgan fingerprint density at radius 2 is 2.00 bits per heavy atom. The van der Waals surface area contributed by atoms with Gasteiger partial charge in [0.1, 0.15) is 5.65 Å². The lowest BCUT2D eigenvalue weighted by Gasteiger charge is -2.16. The highest BCUT2D eigenvalue weighted by Gasteiger charge is 2.14. The van der Waals surface area contributed by atoms with Gasteiger partial charge in [-0.05, 0) is 62.8 Å². The number of rotatable bonds is 6. The quantitative estimate of drug-likeness (QED) is 0.229. The van der Waals surface area contributed by atoms with Crippen LogP contribution in [0.1, 0.15) is 43.4 Å². The normalized spacial score (nSPS) is 14.3. The van der Waals surface area contributed by atoms with Crippen molar-refractivity contribution in [2.75, 3.05) is 0 Å². The van der Waals surface area contributed by atoms with Crippen molar-refractivity contribution in [2.24, 2.45) is 0 Å². The van der Waals surface area contributed by atoms with Crippen LogP contribution in [0, 0.1) is 6.92 Å². The Morgan fingerprint density at radius 3 is 2.84 bits per heavy atom. The zero-order valence-corrected chi connectivity index (χ0v) is 18.6. The molecule has 1 aliphatic carbocycles. The van der Waals surface area contributed by atoms with Gasteiger partial charge in [-0.15, -0.1) is 0 Å². The van der Waals surface area contributed by atoms with Crippen molar-refractivity contribution >= 4 is 28.3 Å². The number of benzene rings is 1. The fraction of sp³-hybridized carbons (Fsp3) is 0.320. The number of thioether (sulfide) groups is 1. The van der Waals surface area contributed by atoms with Crippen molar-refractivity contribution in [2.45, 2.75) is 56.5 Å². The van der Waals surface area contributed by atoms with Crippen LogP contribution in [0.5, 0.6) is 0 Å². The van der Waals surface area contributed by atoms with E-state index < -0.39 is 0 Å². The van der Waals surface area contributed by atoms with Gasteiger partial charge in [-0.3, -0.25) is 9.36 Å². The molecule has 1 aliphatic rings. The van der Waals surface area contributed by atoms with Crippen LogP contribution in [0.15, 0.2) is 70.4 Å². The van der Waals surface area contributed by atoms with Gasteiger partial charge in [0, 0.05) is 24.7 Å². The number of para-hydroxylation sites is 1. The first-order valence-corrected chi connectivity index (χ1v) is 11.9. The third kappa shape index (κ3) is 4.17. The van der Waals surface area contributed by atoms with E-state index in [1.807, 2.05) is 41.1 Å². The Kier molecular flexibility index (Phi) is 5.64. The molecule has 158 valence electrons. The number of hydrogen-bond donors (Lipinski definition) is 0. The minimum Gasteiger partial charge on any atom is -0.307 e. The Balaban J connectivity index is 1.45. The largest absolute Gasteiger partial charge is 0.307 e. The third-order valence-corrected chi connectivity index (χ3v) is 6.96. The van der Waals surface area contributed by atoms with Gasteiger partial charge in [0.05, 0.1) is 16.6 Å².